The molecule has 0 fully saturated rings. The van der Waals surface area contributed by atoms with Crippen molar-refractivity contribution in [3.63, 3.8) is 0 Å². The highest BCUT2D eigenvalue weighted by atomic mass is 32.2. The Morgan fingerprint density at radius 1 is 1.26 bits per heavy atom. The SMILES string of the molecule is NS(=O)(=O)c1ccc([N+](=O)[O-])cc1NC[C@@H]1Cc2ccccc21. The van der Waals surface area contributed by atoms with Gasteiger partial charge in [-0.15, -0.1) is 0 Å². The molecule has 0 heterocycles. The quantitative estimate of drug-likeness (QED) is 0.641. The van der Waals surface area contributed by atoms with Crippen LogP contribution < -0.4 is 10.5 Å². The monoisotopic (exact) mass is 333 g/mol. The maximum atomic E-state index is 11.6. The number of nitro benzene ring substituents is 1. The van der Waals surface area contributed by atoms with Crippen LogP contribution in [0.4, 0.5) is 11.4 Å². The number of benzene rings is 2. The van der Waals surface area contributed by atoms with Gasteiger partial charge in [0.1, 0.15) is 4.90 Å². The summed E-state index contributed by atoms with van der Waals surface area (Å²) in [5.74, 6) is 0.249. The number of primary sulfonamides is 1. The number of rotatable bonds is 5. The zero-order chi connectivity index (χ0) is 16.6. The van der Waals surface area contributed by atoms with Gasteiger partial charge in [-0.05, 0) is 23.6 Å². The Morgan fingerprint density at radius 2 is 2.00 bits per heavy atom. The number of nitrogens with zero attached hydrogens (tertiary/aromatic N) is 1. The van der Waals surface area contributed by atoms with Crippen LogP contribution in [0.25, 0.3) is 0 Å². The molecule has 0 saturated heterocycles. The lowest BCUT2D eigenvalue weighted by Gasteiger charge is -2.30. The third kappa shape index (κ3) is 3.03. The van der Waals surface area contributed by atoms with Gasteiger partial charge in [-0.2, -0.15) is 0 Å². The summed E-state index contributed by atoms with van der Waals surface area (Å²) in [4.78, 5) is 10.2. The largest absolute Gasteiger partial charge is 0.383 e. The fourth-order valence-electron chi connectivity index (χ4n) is 2.80. The van der Waals surface area contributed by atoms with Crippen molar-refractivity contribution < 1.29 is 13.3 Å². The van der Waals surface area contributed by atoms with Gasteiger partial charge in [0.15, 0.2) is 0 Å². The first-order valence-corrected chi connectivity index (χ1v) is 8.54. The van der Waals surface area contributed by atoms with Crippen LogP contribution in [0.5, 0.6) is 0 Å². The summed E-state index contributed by atoms with van der Waals surface area (Å²) in [7, 11) is -3.96. The molecule has 0 spiro atoms. The van der Waals surface area contributed by atoms with E-state index in [1.807, 2.05) is 18.2 Å². The van der Waals surface area contributed by atoms with Crippen LogP contribution in [0.3, 0.4) is 0 Å². The third-order valence-corrected chi connectivity index (χ3v) is 4.95. The maximum Gasteiger partial charge on any atom is 0.271 e. The number of non-ortho nitro benzene ring substituents is 1. The smallest absolute Gasteiger partial charge is 0.271 e. The molecule has 3 N–H and O–H groups in total. The molecule has 0 aromatic heterocycles. The molecule has 0 bridgehead atoms. The van der Waals surface area contributed by atoms with Gasteiger partial charge in [0.05, 0.1) is 10.6 Å². The highest BCUT2D eigenvalue weighted by molar-refractivity contribution is 7.89. The van der Waals surface area contributed by atoms with Crippen molar-refractivity contribution in [2.24, 2.45) is 5.14 Å². The minimum absolute atomic E-state index is 0.143. The normalized spacial score (nSPS) is 16.3. The van der Waals surface area contributed by atoms with Crippen molar-refractivity contribution >= 4 is 21.4 Å². The molecule has 2 aromatic carbocycles. The molecular formula is C15H15N3O4S. The van der Waals surface area contributed by atoms with E-state index in [4.69, 9.17) is 5.14 Å². The fraction of sp³-hybridized carbons (Fsp3) is 0.200. The zero-order valence-corrected chi connectivity index (χ0v) is 12.9. The van der Waals surface area contributed by atoms with E-state index in [0.29, 0.717) is 6.54 Å². The molecule has 2 aromatic rings. The third-order valence-electron chi connectivity index (χ3n) is 3.98. The standard InChI is InChI=1S/C15H15N3O4S/c16-23(21,22)15-6-5-12(18(19)20)8-14(15)17-9-11-7-10-3-1-2-4-13(10)11/h1-6,8,11,17H,7,9H2,(H2,16,21,22)/t11-/m0/s1. The van der Waals surface area contributed by atoms with E-state index in [1.54, 1.807) is 0 Å². The van der Waals surface area contributed by atoms with E-state index in [0.717, 1.165) is 18.6 Å². The van der Waals surface area contributed by atoms with E-state index in [9.17, 15) is 18.5 Å². The number of nitrogens with two attached hydrogens (primary N) is 1. The van der Waals surface area contributed by atoms with E-state index >= 15 is 0 Å². The molecule has 0 aliphatic heterocycles. The number of nitrogens with one attached hydrogen (secondary N) is 1. The van der Waals surface area contributed by atoms with Crippen LogP contribution in [0.1, 0.15) is 17.0 Å². The number of fused-ring (bicyclic) bond motifs is 1. The lowest BCUT2D eigenvalue weighted by Crippen LogP contribution is -2.25. The van der Waals surface area contributed by atoms with Crippen LogP contribution >= 0.6 is 0 Å². The lowest BCUT2D eigenvalue weighted by atomic mass is 9.77. The van der Waals surface area contributed by atoms with Gasteiger partial charge >= 0.3 is 0 Å². The number of anilines is 1. The van der Waals surface area contributed by atoms with Gasteiger partial charge in [0.2, 0.25) is 10.0 Å². The summed E-state index contributed by atoms with van der Waals surface area (Å²) in [5.41, 5.74) is 2.45. The minimum Gasteiger partial charge on any atom is -0.383 e. The van der Waals surface area contributed by atoms with Gasteiger partial charge < -0.3 is 5.32 Å². The lowest BCUT2D eigenvalue weighted by molar-refractivity contribution is -0.384. The second-order valence-corrected chi connectivity index (χ2v) is 6.99. The van der Waals surface area contributed by atoms with Gasteiger partial charge in [-0.25, -0.2) is 13.6 Å². The van der Waals surface area contributed by atoms with Gasteiger partial charge in [-0.1, -0.05) is 24.3 Å². The van der Waals surface area contributed by atoms with Crippen molar-refractivity contribution in [2.45, 2.75) is 17.2 Å². The summed E-state index contributed by atoms with van der Waals surface area (Å²) in [5, 5.41) is 19.1. The number of sulfonamides is 1. The Kier molecular flexibility index (Phi) is 3.78. The van der Waals surface area contributed by atoms with E-state index in [1.165, 1.54) is 17.2 Å². The Balaban J connectivity index is 1.84. The molecular weight excluding hydrogens is 318 g/mol. The highest BCUT2D eigenvalue weighted by Crippen LogP contribution is 2.35. The first-order chi connectivity index (χ1) is 10.9. The molecule has 0 amide bonds. The van der Waals surface area contributed by atoms with Crippen molar-refractivity contribution in [1.82, 2.24) is 0 Å². The summed E-state index contributed by atoms with van der Waals surface area (Å²) < 4.78 is 23.3. The molecule has 0 unspecified atom stereocenters. The molecule has 7 nitrogen and oxygen atoms in total. The molecule has 120 valence electrons. The van der Waals surface area contributed by atoms with Crippen LogP contribution in [-0.4, -0.2) is 19.9 Å². The molecule has 23 heavy (non-hydrogen) atoms. The summed E-state index contributed by atoms with van der Waals surface area (Å²) in [6.07, 6.45) is 0.892. The second kappa shape index (κ2) is 5.64. The topological polar surface area (TPSA) is 115 Å². The molecule has 0 saturated carbocycles. The average molecular weight is 333 g/mol. The Morgan fingerprint density at radius 3 is 2.65 bits per heavy atom. The van der Waals surface area contributed by atoms with Crippen LogP contribution in [0.15, 0.2) is 47.4 Å². The first-order valence-electron chi connectivity index (χ1n) is 6.99. The highest BCUT2D eigenvalue weighted by Gasteiger charge is 2.26. The van der Waals surface area contributed by atoms with Crippen molar-refractivity contribution in [2.75, 3.05) is 11.9 Å². The van der Waals surface area contributed by atoms with Crippen molar-refractivity contribution in [3.05, 3.63) is 63.7 Å². The second-order valence-electron chi connectivity index (χ2n) is 5.46. The van der Waals surface area contributed by atoms with Gasteiger partial charge in [0.25, 0.3) is 5.69 Å². The zero-order valence-electron chi connectivity index (χ0n) is 12.1. The van der Waals surface area contributed by atoms with Gasteiger partial charge in [0, 0.05) is 24.6 Å². The Bertz CT molecular complexity index is 880. The van der Waals surface area contributed by atoms with Crippen molar-refractivity contribution in [1.29, 1.82) is 0 Å². The van der Waals surface area contributed by atoms with Crippen LogP contribution in [-0.2, 0) is 16.4 Å². The minimum atomic E-state index is -3.96. The van der Waals surface area contributed by atoms with E-state index in [-0.39, 0.29) is 22.2 Å². The Labute approximate surface area is 133 Å². The summed E-state index contributed by atoms with van der Waals surface area (Å²) in [6.45, 7) is 0.487. The number of hydrogen-bond donors (Lipinski definition) is 2. The molecule has 0 radical (unpaired) electrons. The molecule has 8 heteroatoms. The molecule has 1 aliphatic rings. The number of hydrogen-bond acceptors (Lipinski definition) is 5. The maximum absolute atomic E-state index is 11.6. The van der Waals surface area contributed by atoms with Crippen LogP contribution in [0, 0.1) is 10.1 Å². The molecule has 3 rings (SSSR count). The average Bonchev–Trinajstić information content (AvgIpc) is 2.47. The summed E-state index contributed by atoms with van der Waals surface area (Å²) >= 11 is 0. The predicted octanol–water partition coefficient (Wildman–Crippen LogP) is 1.99. The van der Waals surface area contributed by atoms with Crippen LogP contribution in [0.2, 0.25) is 0 Å². The number of nitro groups is 1. The van der Waals surface area contributed by atoms with E-state index < -0.39 is 14.9 Å². The predicted molar refractivity (Wildman–Crippen MR) is 85.8 cm³/mol. The first kappa shape index (κ1) is 15.4. The molecule has 1 aliphatic carbocycles. The molecule has 1 atom stereocenters. The fourth-order valence-corrected chi connectivity index (χ4v) is 3.49. The van der Waals surface area contributed by atoms with E-state index in [2.05, 4.69) is 11.4 Å². The van der Waals surface area contributed by atoms with Gasteiger partial charge in [-0.3, -0.25) is 10.1 Å². The Hall–Kier alpha value is -2.45. The van der Waals surface area contributed by atoms with Crippen molar-refractivity contribution in [3.8, 4) is 0 Å². The summed E-state index contributed by atoms with van der Waals surface area (Å²) in [6, 6.07) is 11.5.